The zero-order valence-corrected chi connectivity index (χ0v) is 11.4. The van der Waals surface area contributed by atoms with Gasteiger partial charge >= 0.3 is 0 Å². The van der Waals surface area contributed by atoms with Crippen LogP contribution in [0.3, 0.4) is 0 Å². The molecule has 0 saturated heterocycles. The molecule has 1 heterocycles. The lowest BCUT2D eigenvalue weighted by Gasteiger charge is -2.07. The van der Waals surface area contributed by atoms with Gasteiger partial charge in [-0.15, -0.1) is 5.10 Å². The predicted molar refractivity (Wildman–Crippen MR) is 77.9 cm³/mol. The van der Waals surface area contributed by atoms with Crippen molar-refractivity contribution in [1.82, 2.24) is 15.0 Å². The second-order valence-corrected chi connectivity index (χ2v) is 4.69. The molecule has 1 aromatic heterocycles. The standard InChI is InChI=1S/C16H12N4O/c1-11-2-4-12(5-3-11)16-15(10-17)18-19-20(16)13-6-8-14(21)9-7-13/h2-9,21H,1H3. The molecule has 0 bridgehead atoms. The molecule has 0 aliphatic rings. The third kappa shape index (κ3) is 2.35. The average Bonchev–Trinajstić information content (AvgIpc) is 2.93. The lowest BCUT2D eigenvalue weighted by atomic mass is 10.1. The number of phenolic OH excluding ortho intramolecular Hbond substituents is 1. The molecule has 5 heteroatoms. The van der Waals surface area contributed by atoms with Crippen LogP contribution in [0.2, 0.25) is 0 Å². The van der Waals surface area contributed by atoms with E-state index in [1.165, 1.54) is 0 Å². The van der Waals surface area contributed by atoms with Gasteiger partial charge in [0, 0.05) is 5.56 Å². The molecule has 0 atom stereocenters. The fraction of sp³-hybridized carbons (Fsp3) is 0.0625. The summed E-state index contributed by atoms with van der Waals surface area (Å²) in [4.78, 5) is 0. The van der Waals surface area contributed by atoms with Crippen LogP contribution < -0.4 is 0 Å². The number of hydrogen-bond acceptors (Lipinski definition) is 4. The van der Waals surface area contributed by atoms with Gasteiger partial charge in [-0.3, -0.25) is 0 Å². The molecule has 0 saturated carbocycles. The van der Waals surface area contributed by atoms with E-state index in [9.17, 15) is 10.4 Å². The van der Waals surface area contributed by atoms with E-state index in [2.05, 4.69) is 16.4 Å². The minimum absolute atomic E-state index is 0.177. The molecule has 0 fully saturated rings. The second-order valence-electron chi connectivity index (χ2n) is 4.69. The summed E-state index contributed by atoms with van der Waals surface area (Å²) in [6, 6.07) is 16.5. The maximum atomic E-state index is 9.37. The first-order valence-electron chi connectivity index (χ1n) is 6.41. The van der Waals surface area contributed by atoms with Crippen LogP contribution in [0, 0.1) is 18.3 Å². The summed E-state index contributed by atoms with van der Waals surface area (Å²) in [5.41, 5.74) is 3.66. The minimum atomic E-state index is 0.177. The average molecular weight is 276 g/mol. The monoisotopic (exact) mass is 276 g/mol. The van der Waals surface area contributed by atoms with Gasteiger partial charge in [-0.25, -0.2) is 4.68 Å². The quantitative estimate of drug-likeness (QED) is 0.781. The molecule has 0 amide bonds. The van der Waals surface area contributed by atoms with E-state index >= 15 is 0 Å². The van der Waals surface area contributed by atoms with Crippen LogP contribution in [-0.4, -0.2) is 20.1 Å². The van der Waals surface area contributed by atoms with Crippen molar-refractivity contribution < 1.29 is 5.11 Å². The van der Waals surface area contributed by atoms with E-state index in [4.69, 9.17) is 0 Å². The smallest absolute Gasteiger partial charge is 0.191 e. The third-order valence-corrected chi connectivity index (χ3v) is 3.20. The molecule has 5 nitrogen and oxygen atoms in total. The first kappa shape index (κ1) is 12.9. The van der Waals surface area contributed by atoms with Crippen molar-refractivity contribution in [1.29, 1.82) is 5.26 Å². The van der Waals surface area contributed by atoms with Crippen molar-refractivity contribution in [2.45, 2.75) is 6.92 Å². The van der Waals surface area contributed by atoms with E-state index in [0.717, 1.165) is 16.8 Å². The lowest BCUT2D eigenvalue weighted by molar-refractivity contribution is 0.475. The van der Waals surface area contributed by atoms with Gasteiger partial charge in [0.15, 0.2) is 5.69 Å². The Labute approximate surface area is 121 Å². The summed E-state index contributed by atoms with van der Waals surface area (Å²) in [5.74, 6) is 0.177. The first-order chi connectivity index (χ1) is 10.2. The number of aryl methyl sites for hydroxylation is 1. The molecule has 102 valence electrons. The molecule has 0 aliphatic heterocycles. The number of nitrogens with zero attached hydrogens (tertiary/aromatic N) is 4. The number of phenols is 1. The number of rotatable bonds is 2. The first-order valence-corrected chi connectivity index (χ1v) is 6.41. The normalized spacial score (nSPS) is 10.3. The highest BCUT2D eigenvalue weighted by atomic mass is 16.3. The molecule has 0 aliphatic carbocycles. The van der Waals surface area contributed by atoms with E-state index in [-0.39, 0.29) is 11.4 Å². The van der Waals surface area contributed by atoms with Crippen molar-refractivity contribution in [3.05, 3.63) is 59.8 Å². The predicted octanol–water partition coefficient (Wildman–Crippen LogP) is 2.82. The maximum Gasteiger partial charge on any atom is 0.191 e. The Morgan fingerprint density at radius 1 is 1.05 bits per heavy atom. The SMILES string of the molecule is Cc1ccc(-c2c(C#N)nnn2-c2ccc(O)cc2)cc1. The number of aromatic hydroxyl groups is 1. The van der Waals surface area contributed by atoms with Crippen molar-refractivity contribution in [3.63, 3.8) is 0 Å². The lowest BCUT2D eigenvalue weighted by Crippen LogP contribution is -1.99. The summed E-state index contributed by atoms with van der Waals surface area (Å²) >= 11 is 0. The van der Waals surface area contributed by atoms with Crippen LogP contribution in [0.5, 0.6) is 5.75 Å². The van der Waals surface area contributed by atoms with Gasteiger partial charge in [-0.2, -0.15) is 5.26 Å². The Morgan fingerprint density at radius 3 is 2.33 bits per heavy atom. The molecule has 3 rings (SSSR count). The van der Waals surface area contributed by atoms with Crippen LogP contribution in [0.25, 0.3) is 16.9 Å². The highest BCUT2D eigenvalue weighted by Gasteiger charge is 2.15. The molecule has 0 unspecified atom stereocenters. The van der Waals surface area contributed by atoms with Crippen molar-refractivity contribution in [2.24, 2.45) is 0 Å². The Kier molecular flexibility index (Phi) is 3.13. The topological polar surface area (TPSA) is 74.7 Å². The number of nitriles is 1. The molecule has 0 radical (unpaired) electrons. The van der Waals surface area contributed by atoms with Gasteiger partial charge in [-0.05, 0) is 31.2 Å². The molecule has 21 heavy (non-hydrogen) atoms. The van der Waals surface area contributed by atoms with E-state index < -0.39 is 0 Å². The van der Waals surface area contributed by atoms with Crippen LogP contribution in [0.4, 0.5) is 0 Å². The Bertz CT molecular complexity index is 811. The molecule has 2 aromatic carbocycles. The third-order valence-electron chi connectivity index (χ3n) is 3.20. The highest BCUT2D eigenvalue weighted by molar-refractivity contribution is 5.67. The Hall–Kier alpha value is -3.13. The summed E-state index contributed by atoms with van der Waals surface area (Å²) in [6.45, 7) is 2.00. The fourth-order valence-electron chi connectivity index (χ4n) is 2.10. The zero-order valence-electron chi connectivity index (χ0n) is 11.4. The Balaban J connectivity index is 2.19. The summed E-state index contributed by atoms with van der Waals surface area (Å²) in [7, 11) is 0. The van der Waals surface area contributed by atoms with Gasteiger partial charge in [0.2, 0.25) is 0 Å². The molecule has 1 N–H and O–H groups in total. The van der Waals surface area contributed by atoms with E-state index in [1.54, 1.807) is 28.9 Å². The van der Waals surface area contributed by atoms with Gasteiger partial charge in [0.25, 0.3) is 0 Å². The fourth-order valence-corrected chi connectivity index (χ4v) is 2.10. The second kappa shape index (κ2) is 5.10. The molecule has 3 aromatic rings. The van der Waals surface area contributed by atoms with Crippen LogP contribution in [0.1, 0.15) is 11.3 Å². The molecular formula is C16H12N4O. The maximum absolute atomic E-state index is 9.37. The minimum Gasteiger partial charge on any atom is -0.508 e. The van der Waals surface area contributed by atoms with Crippen molar-refractivity contribution in [2.75, 3.05) is 0 Å². The van der Waals surface area contributed by atoms with Crippen LogP contribution in [-0.2, 0) is 0 Å². The van der Waals surface area contributed by atoms with Crippen LogP contribution in [0.15, 0.2) is 48.5 Å². The highest BCUT2D eigenvalue weighted by Crippen LogP contribution is 2.25. The summed E-state index contributed by atoms with van der Waals surface area (Å²) < 4.78 is 1.60. The summed E-state index contributed by atoms with van der Waals surface area (Å²) in [6.07, 6.45) is 0. The summed E-state index contributed by atoms with van der Waals surface area (Å²) in [5, 5.41) is 26.6. The largest absolute Gasteiger partial charge is 0.508 e. The molecular weight excluding hydrogens is 264 g/mol. The van der Waals surface area contributed by atoms with Crippen LogP contribution >= 0.6 is 0 Å². The molecule has 0 spiro atoms. The number of benzene rings is 2. The van der Waals surface area contributed by atoms with E-state index in [0.29, 0.717) is 5.69 Å². The zero-order chi connectivity index (χ0) is 14.8. The van der Waals surface area contributed by atoms with Crippen molar-refractivity contribution in [3.8, 4) is 28.8 Å². The van der Waals surface area contributed by atoms with Gasteiger partial charge in [0.1, 0.15) is 17.5 Å². The Morgan fingerprint density at radius 2 is 1.71 bits per heavy atom. The van der Waals surface area contributed by atoms with E-state index in [1.807, 2.05) is 31.2 Å². The van der Waals surface area contributed by atoms with Crippen molar-refractivity contribution >= 4 is 0 Å². The van der Waals surface area contributed by atoms with Gasteiger partial charge in [0.05, 0.1) is 5.69 Å². The number of hydrogen-bond donors (Lipinski definition) is 1. The van der Waals surface area contributed by atoms with Gasteiger partial charge in [-0.1, -0.05) is 35.0 Å². The number of aromatic nitrogens is 3. The van der Waals surface area contributed by atoms with Gasteiger partial charge < -0.3 is 5.11 Å².